The second-order valence-electron chi connectivity index (χ2n) is 10.5. The van der Waals surface area contributed by atoms with Crippen molar-refractivity contribution in [1.82, 2.24) is 9.55 Å². The molecule has 1 unspecified atom stereocenters. The highest BCUT2D eigenvalue weighted by molar-refractivity contribution is 5.89. The molecule has 230 valence electrons. The van der Waals surface area contributed by atoms with Gasteiger partial charge in [-0.05, 0) is 43.7 Å². The van der Waals surface area contributed by atoms with Gasteiger partial charge in [-0.25, -0.2) is 14.3 Å². The highest BCUT2D eigenvalue weighted by atomic mass is 19.4. The zero-order chi connectivity index (χ0) is 32.3. The Morgan fingerprint density at radius 1 is 1.02 bits per heavy atom. The van der Waals surface area contributed by atoms with Crippen LogP contribution in [-0.2, 0) is 22.6 Å². The van der Waals surface area contributed by atoms with Crippen LogP contribution >= 0.6 is 0 Å². The molecule has 0 radical (unpaired) electrons. The van der Waals surface area contributed by atoms with Gasteiger partial charge in [-0.1, -0.05) is 43.3 Å². The number of hydrogen-bond donors (Lipinski definition) is 0. The summed E-state index contributed by atoms with van der Waals surface area (Å²) < 4.78 is 41.4. The first-order valence-electron chi connectivity index (χ1n) is 14.1. The van der Waals surface area contributed by atoms with Gasteiger partial charge in [0.05, 0.1) is 29.0 Å². The predicted molar refractivity (Wildman–Crippen MR) is 157 cm³/mol. The van der Waals surface area contributed by atoms with Crippen LogP contribution < -0.4 is 15.2 Å². The molecule has 5 aromatic rings. The number of aliphatic carboxylic acids is 1. The van der Waals surface area contributed by atoms with Crippen molar-refractivity contribution in [1.29, 1.82) is 0 Å². The predicted octanol–water partition coefficient (Wildman–Crippen LogP) is 4.68. The van der Waals surface area contributed by atoms with Gasteiger partial charge in [-0.3, -0.25) is 4.79 Å². The maximum Gasteiger partial charge on any atom is 0.430 e. The molecule has 0 spiro atoms. The average Bonchev–Trinajstić information content (AvgIpc) is 3.38. The number of carboxylic acids is 1. The van der Waals surface area contributed by atoms with Gasteiger partial charge >= 0.3 is 12.1 Å². The summed E-state index contributed by atoms with van der Waals surface area (Å²) in [5.74, 6) is -3.41. The summed E-state index contributed by atoms with van der Waals surface area (Å²) in [4.78, 5) is 40.2. The molecule has 0 amide bonds. The zero-order valence-electron chi connectivity index (χ0n) is 24.4. The Morgan fingerprint density at radius 2 is 1.69 bits per heavy atom. The molecule has 0 aliphatic carbocycles. The number of carbonyl (C=O) groups excluding carboxylic acids is 2. The average molecular weight is 616 g/mol. The minimum Gasteiger partial charge on any atom is -0.542 e. The SMILES string of the molecule is CCC(OC(=O)c1ccc(C[n+]2ccccc2)cc1)c1cc2n(c(=O)c1C)Cc1cc3ccccc3nc1-2.O=C([O-])C(F)(F)F. The number of hydrogen-bond acceptors (Lipinski definition) is 6. The highest BCUT2D eigenvalue weighted by Gasteiger charge is 2.29. The van der Waals surface area contributed by atoms with E-state index in [9.17, 15) is 22.8 Å². The molecule has 1 aliphatic rings. The van der Waals surface area contributed by atoms with Gasteiger partial charge in [0.15, 0.2) is 18.9 Å². The van der Waals surface area contributed by atoms with E-state index < -0.39 is 24.2 Å². The number of nitrogens with zero attached hydrogens (tertiary/aromatic N) is 3. The van der Waals surface area contributed by atoms with Gasteiger partial charge < -0.3 is 19.2 Å². The number of benzene rings is 2. The number of carboxylic acid groups (broad SMARTS) is 1. The standard InChI is InChI=1S/C32H28N3O3.C2HF3O2/c1-3-29(38-32(37)23-13-11-22(12-14-23)19-34-15-7-4-8-16-34)26-18-28-30-25(20-35(28)31(36)21(26)2)17-24-9-5-6-10-27(24)33-30;3-2(4,5)1(6)7/h4-18,29H,3,19-20H2,1-2H3;(H,6,7)/q+1;/p-1. The fourth-order valence-corrected chi connectivity index (χ4v) is 5.19. The molecule has 1 atom stereocenters. The van der Waals surface area contributed by atoms with Gasteiger partial charge in [-0.15, -0.1) is 0 Å². The van der Waals surface area contributed by atoms with Gasteiger partial charge in [0.25, 0.3) is 5.56 Å². The van der Waals surface area contributed by atoms with Gasteiger partial charge in [-0.2, -0.15) is 13.2 Å². The summed E-state index contributed by atoms with van der Waals surface area (Å²) in [5.41, 5.74) is 6.33. The van der Waals surface area contributed by atoms with E-state index in [0.717, 1.165) is 45.5 Å². The van der Waals surface area contributed by atoms with Crippen molar-refractivity contribution in [2.75, 3.05) is 0 Å². The second-order valence-corrected chi connectivity index (χ2v) is 10.5. The van der Waals surface area contributed by atoms with Crippen molar-refractivity contribution < 1.29 is 37.2 Å². The second kappa shape index (κ2) is 12.7. The van der Waals surface area contributed by atoms with Crippen LogP contribution in [0.15, 0.2) is 96.1 Å². The van der Waals surface area contributed by atoms with Crippen LogP contribution in [0.4, 0.5) is 13.2 Å². The van der Waals surface area contributed by atoms with E-state index in [-0.39, 0.29) is 5.56 Å². The number of halogens is 3. The lowest BCUT2D eigenvalue weighted by atomic mass is 10.0. The maximum absolute atomic E-state index is 13.4. The number of alkyl halides is 3. The third kappa shape index (κ3) is 6.77. The molecule has 0 N–H and O–H groups in total. The summed E-state index contributed by atoms with van der Waals surface area (Å²) in [6.07, 6.45) is -1.17. The van der Waals surface area contributed by atoms with Crippen LogP contribution in [0.5, 0.6) is 0 Å². The van der Waals surface area contributed by atoms with Crippen molar-refractivity contribution in [2.45, 2.75) is 45.6 Å². The van der Waals surface area contributed by atoms with E-state index in [4.69, 9.17) is 19.6 Å². The summed E-state index contributed by atoms with van der Waals surface area (Å²) >= 11 is 0. The molecule has 45 heavy (non-hydrogen) atoms. The fraction of sp³-hybridized carbons (Fsp3) is 0.206. The third-order valence-electron chi connectivity index (χ3n) is 7.49. The quantitative estimate of drug-likeness (QED) is 0.199. The molecule has 0 saturated heterocycles. The largest absolute Gasteiger partial charge is 0.542 e. The van der Waals surface area contributed by atoms with Crippen LogP contribution in [0.1, 0.15) is 52.1 Å². The number of ether oxygens (including phenoxy) is 1. The van der Waals surface area contributed by atoms with Crippen LogP contribution in [0.2, 0.25) is 0 Å². The Balaban J connectivity index is 0.000000515. The molecule has 0 fully saturated rings. The first-order chi connectivity index (χ1) is 21.5. The Kier molecular flexibility index (Phi) is 8.80. The Bertz CT molecular complexity index is 1940. The van der Waals surface area contributed by atoms with Gasteiger partial charge in [0, 0.05) is 39.8 Å². The van der Waals surface area contributed by atoms with Crippen molar-refractivity contribution >= 4 is 22.8 Å². The monoisotopic (exact) mass is 615 g/mol. The van der Waals surface area contributed by atoms with Crippen LogP contribution in [-0.4, -0.2) is 27.7 Å². The Morgan fingerprint density at radius 3 is 2.33 bits per heavy atom. The molecule has 0 bridgehead atoms. The van der Waals surface area contributed by atoms with E-state index in [1.54, 1.807) is 16.7 Å². The smallest absolute Gasteiger partial charge is 0.430 e. The van der Waals surface area contributed by atoms with Crippen molar-refractivity contribution in [3.63, 3.8) is 0 Å². The first kappa shape index (κ1) is 31.1. The van der Waals surface area contributed by atoms with E-state index in [2.05, 4.69) is 10.6 Å². The molecule has 11 heteroatoms. The number of carbonyl (C=O) groups is 2. The number of fused-ring (bicyclic) bond motifs is 4. The number of aromatic nitrogens is 3. The molecule has 6 rings (SSSR count). The maximum atomic E-state index is 13.4. The minimum absolute atomic E-state index is 0.0724. The molecule has 1 aliphatic heterocycles. The highest BCUT2D eigenvalue weighted by Crippen LogP contribution is 2.35. The van der Waals surface area contributed by atoms with E-state index in [1.165, 1.54) is 0 Å². The normalized spacial score (nSPS) is 12.5. The van der Waals surface area contributed by atoms with Gasteiger partial charge in [0.1, 0.15) is 12.1 Å². The van der Waals surface area contributed by atoms with Gasteiger partial charge in [0.2, 0.25) is 0 Å². The van der Waals surface area contributed by atoms with E-state index >= 15 is 0 Å². The van der Waals surface area contributed by atoms with Crippen LogP contribution in [0.3, 0.4) is 0 Å². The summed E-state index contributed by atoms with van der Waals surface area (Å²) in [6.45, 7) is 4.98. The molecular weight excluding hydrogens is 587 g/mol. The topological polar surface area (TPSA) is 105 Å². The Hall–Kier alpha value is -5.32. The minimum atomic E-state index is -5.19. The molecule has 0 saturated carbocycles. The number of para-hydroxylation sites is 1. The number of pyridine rings is 3. The molecule has 3 aromatic heterocycles. The lowest BCUT2D eigenvalue weighted by molar-refractivity contribution is -0.688. The summed E-state index contributed by atoms with van der Waals surface area (Å²) in [5, 5.41) is 9.84. The summed E-state index contributed by atoms with van der Waals surface area (Å²) in [6, 6.07) is 25.5. The van der Waals surface area contributed by atoms with Crippen molar-refractivity contribution in [3.05, 3.63) is 129 Å². The molecule has 2 aromatic carbocycles. The lowest BCUT2D eigenvalue weighted by Crippen LogP contribution is -2.37. The molecule has 4 heterocycles. The van der Waals surface area contributed by atoms with Crippen molar-refractivity contribution in [3.8, 4) is 11.4 Å². The van der Waals surface area contributed by atoms with E-state index in [1.807, 2.05) is 86.9 Å². The van der Waals surface area contributed by atoms with Crippen LogP contribution in [0.25, 0.3) is 22.3 Å². The molecular formula is C34H28F3N3O5. The fourth-order valence-electron chi connectivity index (χ4n) is 5.19. The lowest BCUT2D eigenvalue weighted by Gasteiger charge is -2.20. The van der Waals surface area contributed by atoms with E-state index in [0.29, 0.717) is 24.1 Å². The van der Waals surface area contributed by atoms with Crippen LogP contribution in [0, 0.1) is 6.92 Å². The summed E-state index contributed by atoms with van der Waals surface area (Å²) in [7, 11) is 0. The number of esters is 1. The van der Waals surface area contributed by atoms with Crippen molar-refractivity contribution in [2.24, 2.45) is 0 Å². The Labute approximate surface area is 256 Å². The third-order valence-corrected chi connectivity index (χ3v) is 7.49. The zero-order valence-corrected chi connectivity index (χ0v) is 24.4. The molecule has 8 nitrogen and oxygen atoms in total. The number of rotatable bonds is 6. The first-order valence-corrected chi connectivity index (χ1v) is 14.1.